The van der Waals surface area contributed by atoms with Crippen molar-refractivity contribution in [3.63, 3.8) is 0 Å². The summed E-state index contributed by atoms with van der Waals surface area (Å²) in [6.45, 7) is 8.86. The minimum Gasteiger partial charge on any atom is -0.461 e. The molecule has 1 aromatic carbocycles. The van der Waals surface area contributed by atoms with Crippen molar-refractivity contribution in [2.45, 2.75) is 26.2 Å². The Kier molecular flexibility index (Phi) is 5.00. The molecule has 98 valence electrons. The summed E-state index contributed by atoms with van der Waals surface area (Å²) in [7, 11) is -1.22. The molecule has 1 aliphatic heterocycles. The topological polar surface area (TPSA) is 52.6 Å². The lowest BCUT2D eigenvalue weighted by Crippen LogP contribution is -2.26. The first kappa shape index (κ1) is 14.8. The van der Waals surface area contributed by atoms with E-state index in [-0.39, 0.29) is 9.76 Å². The second-order valence-corrected chi connectivity index (χ2v) is 10.7. The highest BCUT2D eigenvalue weighted by molar-refractivity contribution is 6.73. The quantitative estimate of drug-likeness (QED) is 0.473. The molecule has 1 aliphatic rings. The van der Waals surface area contributed by atoms with E-state index >= 15 is 0 Å². The maximum atomic E-state index is 10.8. The first-order valence-corrected chi connectivity index (χ1v) is 11.2. The summed E-state index contributed by atoms with van der Waals surface area (Å²) in [5.74, 6) is -1.10. The van der Waals surface area contributed by atoms with E-state index in [9.17, 15) is 9.59 Å². The number of hydrogen-bond donors (Lipinski definition) is 0. The molecule has 2 rings (SSSR count). The third-order valence-corrected chi connectivity index (χ3v) is 6.75. The molecule has 0 aromatic heterocycles. The molecule has 18 heavy (non-hydrogen) atoms. The summed E-state index contributed by atoms with van der Waals surface area (Å²) in [6, 6.07) is 6.53. The summed E-state index contributed by atoms with van der Waals surface area (Å²) in [6.07, 6.45) is 0. The van der Waals surface area contributed by atoms with E-state index in [2.05, 4.69) is 30.9 Å². The molecule has 0 spiro atoms. The van der Waals surface area contributed by atoms with E-state index in [1.54, 1.807) is 24.3 Å². The number of cyclic esters (lactones) is 2. The van der Waals surface area contributed by atoms with E-state index < -0.39 is 20.3 Å². The normalized spacial score (nSPS) is 14.2. The number of benzene rings is 1. The van der Waals surface area contributed by atoms with Gasteiger partial charge in [-0.25, -0.2) is 9.59 Å². The molecule has 0 bridgehead atoms. The van der Waals surface area contributed by atoms with Crippen molar-refractivity contribution in [1.82, 2.24) is 0 Å². The van der Waals surface area contributed by atoms with Gasteiger partial charge in [0.05, 0.1) is 11.1 Å². The highest BCUT2D eigenvalue weighted by Crippen LogP contribution is 2.18. The Morgan fingerprint density at radius 3 is 1.78 bits per heavy atom. The van der Waals surface area contributed by atoms with Gasteiger partial charge in [-0.3, -0.25) is 0 Å². The van der Waals surface area contributed by atoms with Crippen LogP contribution in [0, 0.1) is 0 Å². The first-order chi connectivity index (χ1) is 8.35. The number of hydrogen-bond acceptors (Lipinski definition) is 4. The van der Waals surface area contributed by atoms with Gasteiger partial charge in [0.15, 0.2) is 8.32 Å². The largest absolute Gasteiger partial charge is 0.461 e. The SMILES string of the molecule is C[SiH2]O[Si](C)(C)C.O=C1OC(=O)c2ccccc21. The molecule has 6 heteroatoms. The lowest BCUT2D eigenvalue weighted by Gasteiger charge is -2.14. The minimum absolute atomic E-state index is 0.128. The lowest BCUT2D eigenvalue weighted by molar-refractivity contribution is 0.0444. The van der Waals surface area contributed by atoms with E-state index in [0.29, 0.717) is 11.1 Å². The molecule has 0 amide bonds. The molecule has 0 radical (unpaired) electrons. The molecular formula is C12H18O4Si2. The number of ether oxygens (including phenoxy) is 1. The minimum atomic E-state index is -1.10. The number of carbonyl (C=O) groups excluding carboxylic acids is 2. The van der Waals surface area contributed by atoms with Gasteiger partial charge in [-0.1, -0.05) is 18.7 Å². The molecule has 4 nitrogen and oxygen atoms in total. The van der Waals surface area contributed by atoms with Gasteiger partial charge in [-0.2, -0.15) is 0 Å². The van der Waals surface area contributed by atoms with Gasteiger partial charge < -0.3 is 8.85 Å². The second-order valence-electron chi connectivity index (χ2n) is 4.77. The Bertz CT molecular complexity index is 419. The second kappa shape index (κ2) is 6.08. The fourth-order valence-corrected chi connectivity index (χ4v) is 4.93. The van der Waals surface area contributed by atoms with Crippen molar-refractivity contribution in [1.29, 1.82) is 0 Å². The molecule has 0 fully saturated rings. The molecule has 0 saturated heterocycles. The van der Waals surface area contributed by atoms with Crippen LogP contribution < -0.4 is 0 Å². The summed E-state index contributed by atoms with van der Waals surface area (Å²) in [4.78, 5) is 21.7. The fourth-order valence-electron chi connectivity index (χ4n) is 1.47. The zero-order chi connectivity index (χ0) is 13.8. The average Bonchev–Trinajstić information content (AvgIpc) is 2.55. The average molecular weight is 282 g/mol. The van der Waals surface area contributed by atoms with Gasteiger partial charge in [0.2, 0.25) is 0 Å². The van der Waals surface area contributed by atoms with Crippen LogP contribution in [0.3, 0.4) is 0 Å². The Labute approximate surface area is 110 Å². The molecular weight excluding hydrogens is 264 g/mol. The van der Waals surface area contributed by atoms with Crippen molar-refractivity contribution in [3.8, 4) is 0 Å². The summed E-state index contributed by atoms with van der Waals surface area (Å²) < 4.78 is 9.86. The zero-order valence-electron chi connectivity index (χ0n) is 11.1. The zero-order valence-corrected chi connectivity index (χ0v) is 13.6. The number of esters is 2. The Balaban J connectivity index is 0.000000203. The maximum absolute atomic E-state index is 10.8. The van der Waals surface area contributed by atoms with Crippen LogP contribution in [0.15, 0.2) is 24.3 Å². The predicted octanol–water partition coefficient (Wildman–Crippen LogP) is 1.97. The highest BCUT2D eigenvalue weighted by Gasteiger charge is 2.28. The van der Waals surface area contributed by atoms with Crippen LogP contribution in [-0.2, 0) is 8.85 Å². The summed E-state index contributed by atoms with van der Waals surface area (Å²) >= 11 is 0. The molecule has 1 aromatic rings. The van der Waals surface area contributed by atoms with Crippen LogP contribution >= 0.6 is 0 Å². The van der Waals surface area contributed by atoms with E-state index in [1.807, 2.05) is 0 Å². The molecule has 0 saturated carbocycles. The van der Waals surface area contributed by atoms with Crippen molar-refractivity contribution in [2.24, 2.45) is 0 Å². The molecule has 0 atom stereocenters. The Morgan fingerprint density at radius 1 is 1.06 bits per heavy atom. The van der Waals surface area contributed by atoms with Crippen LogP contribution in [0.5, 0.6) is 0 Å². The van der Waals surface area contributed by atoms with Crippen LogP contribution in [0.2, 0.25) is 26.2 Å². The van der Waals surface area contributed by atoms with Crippen molar-refractivity contribution in [2.75, 3.05) is 0 Å². The number of carbonyl (C=O) groups is 2. The van der Waals surface area contributed by atoms with Crippen LogP contribution in [0.1, 0.15) is 20.7 Å². The maximum Gasteiger partial charge on any atom is 0.346 e. The summed E-state index contributed by atoms with van der Waals surface area (Å²) in [5.41, 5.74) is 0.718. The van der Waals surface area contributed by atoms with Gasteiger partial charge in [0, 0.05) is 0 Å². The Morgan fingerprint density at radius 2 is 1.50 bits per heavy atom. The van der Waals surface area contributed by atoms with Gasteiger partial charge in [0.25, 0.3) is 0 Å². The van der Waals surface area contributed by atoms with Crippen LogP contribution in [-0.4, -0.2) is 30.0 Å². The number of rotatable bonds is 2. The van der Waals surface area contributed by atoms with Gasteiger partial charge >= 0.3 is 11.9 Å². The monoisotopic (exact) mass is 282 g/mol. The number of fused-ring (bicyclic) bond motifs is 1. The van der Waals surface area contributed by atoms with Gasteiger partial charge in [0.1, 0.15) is 9.76 Å². The molecule has 0 unspecified atom stereocenters. The van der Waals surface area contributed by atoms with E-state index in [1.165, 1.54) is 0 Å². The van der Waals surface area contributed by atoms with Gasteiger partial charge in [-0.05, 0) is 31.8 Å². The van der Waals surface area contributed by atoms with Crippen LogP contribution in [0.4, 0.5) is 0 Å². The smallest absolute Gasteiger partial charge is 0.346 e. The molecule has 1 heterocycles. The van der Waals surface area contributed by atoms with Crippen molar-refractivity contribution >= 4 is 30.0 Å². The molecule has 0 aliphatic carbocycles. The lowest BCUT2D eigenvalue weighted by atomic mass is 10.1. The van der Waals surface area contributed by atoms with Gasteiger partial charge in [-0.15, -0.1) is 0 Å². The predicted molar refractivity (Wildman–Crippen MR) is 75.0 cm³/mol. The van der Waals surface area contributed by atoms with Crippen molar-refractivity contribution in [3.05, 3.63) is 35.4 Å². The molecule has 0 N–H and O–H groups in total. The Hall–Kier alpha value is -1.25. The third kappa shape index (κ3) is 4.21. The highest BCUT2D eigenvalue weighted by atomic mass is 28.4. The standard InChI is InChI=1S/C8H4O3.C4H14OSi2/c9-7-5-3-1-2-4-6(5)8(10)11-7;1-6-5-7(2,3)4/h1-4H;6H2,1-4H3. The third-order valence-electron chi connectivity index (χ3n) is 2.13. The van der Waals surface area contributed by atoms with E-state index in [0.717, 1.165) is 0 Å². The van der Waals surface area contributed by atoms with Crippen molar-refractivity contribution < 1.29 is 18.4 Å². The fraction of sp³-hybridized carbons (Fsp3) is 0.333. The van der Waals surface area contributed by atoms with E-state index in [4.69, 9.17) is 4.12 Å². The summed E-state index contributed by atoms with van der Waals surface area (Å²) in [5, 5.41) is 0. The van der Waals surface area contributed by atoms with Crippen LogP contribution in [0.25, 0.3) is 0 Å². The first-order valence-electron chi connectivity index (χ1n) is 5.84.